The van der Waals surface area contributed by atoms with Crippen molar-refractivity contribution in [3.05, 3.63) is 88.8 Å². The molecule has 3 aromatic rings. The van der Waals surface area contributed by atoms with Crippen LogP contribution >= 0.6 is 11.8 Å². The molecule has 1 fully saturated rings. The summed E-state index contributed by atoms with van der Waals surface area (Å²) < 4.78 is 0. The van der Waals surface area contributed by atoms with E-state index >= 15 is 0 Å². The number of anilines is 2. The molecule has 0 radical (unpaired) electrons. The summed E-state index contributed by atoms with van der Waals surface area (Å²) in [5.41, 5.74) is 3.15. The van der Waals surface area contributed by atoms with Gasteiger partial charge in [-0.2, -0.15) is 0 Å². The first-order valence-corrected chi connectivity index (χ1v) is 9.99. The highest BCUT2D eigenvalue weighted by molar-refractivity contribution is 8.18. The first-order valence-electron chi connectivity index (χ1n) is 9.18. The normalized spacial score (nSPS) is 15.1. The van der Waals surface area contributed by atoms with Gasteiger partial charge in [-0.1, -0.05) is 36.4 Å². The molecule has 1 aliphatic heterocycles. The van der Waals surface area contributed by atoms with Crippen LogP contribution < -0.4 is 5.32 Å². The van der Waals surface area contributed by atoms with Crippen molar-refractivity contribution in [3.8, 4) is 11.5 Å². The summed E-state index contributed by atoms with van der Waals surface area (Å²) in [5.74, 6) is -0.922. The molecule has 7 heteroatoms. The van der Waals surface area contributed by atoms with Crippen molar-refractivity contribution >= 4 is 40.4 Å². The van der Waals surface area contributed by atoms with Crippen LogP contribution in [0.4, 0.5) is 16.2 Å². The third kappa shape index (κ3) is 4.31. The third-order valence-corrected chi connectivity index (χ3v) is 5.41. The van der Waals surface area contributed by atoms with Crippen molar-refractivity contribution in [2.45, 2.75) is 6.54 Å². The van der Waals surface area contributed by atoms with Crippen molar-refractivity contribution < 1.29 is 19.8 Å². The monoisotopic (exact) mass is 418 g/mol. The molecule has 1 aliphatic rings. The van der Waals surface area contributed by atoms with Gasteiger partial charge in [-0.25, -0.2) is 0 Å². The molecular weight excluding hydrogens is 400 g/mol. The Balaban J connectivity index is 1.50. The fourth-order valence-corrected chi connectivity index (χ4v) is 3.87. The number of nitrogens with zero attached hydrogens (tertiary/aromatic N) is 1. The second-order valence-corrected chi connectivity index (χ2v) is 7.70. The van der Waals surface area contributed by atoms with Crippen LogP contribution in [0.3, 0.4) is 0 Å². The minimum absolute atomic E-state index is 0.160. The second kappa shape index (κ2) is 8.34. The van der Waals surface area contributed by atoms with Crippen LogP contribution in [0.2, 0.25) is 0 Å². The number of thioether (sulfide) groups is 1. The molecule has 0 spiro atoms. The lowest BCUT2D eigenvalue weighted by Gasteiger charge is -2.14. The predicted molar refractivity (Wildman–Crippen MR) is 117 cm³/mol. The van der Waals surface area contributed by atoms with Crippen molar-refractivity contribution in [3.63, 3.8) is 0 Å². The number of hydrogen-bond acceptors (Lipinski definition) is 6. The highest BCUT2D eigenvalue weighted by Gasteiger charge is 2.35. The molecule has 0 unspecified atom stereocenters. The van der Waals surface area contributed by atoms with Crippen LogP contribution in [0, 0.1) is 0 Å². The van der Waals surface area contributed by atoms with E-state index in [1.807, 2.05) is 54.6 Å². The van der Waals surface area contributed by atoms with Gasteiger partial charge in [0.25, 0.3) is 11.1 Å². The number of nitrogens with one attached hydrogen (secondary N) is 1. The van der Waals surface area contributed by atoms with Crippen molar-refractivity contribution in [1.29, 1.82) is 0 Å². The molecule has 0 bridgehead atoms. The fourth-order valence-electron chi connectivity index (χ4n) is 3.04. The molecule has 1 heterocycles. The molecule has 0 aromatic heterocycles. The Hall–Kier alpha value is -3.71. The zero-order chi connectivity index (χ0) is 21.1. The van der Waals surface area contributed by atoms with E-state index in [9.17, 15) is 19.8 Å². The number of benzene rings is 3. The zero-order valence-corrected chi connectivity index (χ0v) is 16.6. The van der Waals surface area contributed by atoms with Gasteiger partial charge >= 0.3 is 0 Å². The van der Waals surface area contributed by atoms with Crippen molar-refractivity contribution in [2.75, 3.05) is 5.32 Å². The Bertz CT molecular complexity index is 1140. The number of para-hydroxylation sites is 1. The molecule has 2 amide bonds. The number of hydrogen-bond donors (Lipinski definition) is 3. The Kier molecular flexibility index (Phi) is 5.45. The highest BCUT2D eigenvalue weighted by Crippen LogP contribution is 2.35. The van der Waals surface area contributed by atoms with E-state index in [1.54, 1.807) is 6.07 Å². The molecule has 150 valence electrons. The van der Waals surface area contributed by atoms with Gasteiger partial charge in [0, 0.05) is 11.4 Å². The molecule has 30 heavy (non-hydrogen) atoms. The summed E-state index contributed by atoms with van der Waals surface area (Å²) in [6.45, 7) is 0.160. The maximum atomic E-state index is 12.7. The maximum Gasteiger partial charge on any atom is 0.293 e. The molecule has 0 saturated carbocycles. The van der Waals surface area contributed by atoms with Crippen LogP contribution in [0.1, 0.15) is 11.1 Å². The number of imide groups is 1. The molecule has 3 N–H and O–H groups in total. The minimum Gasteiger partial charge on any atom is -0.504 e. The van der Waals surface area contributed by atoms with Crippen molar-refractivity contribution in [2.24, 2.45) is 0 Å². The van der Waals surface area contributed by atoms with E-state index in [4.69, 9.17) is 0 Å². The first-order chi connectivity index (χ1) is 14.5. The Morgan fingerprint density at radius 3 is 2.40 bits per heavy atom. The Morgan fingerprint density at radius 1 is 0.867 bits per heavy atom. The van der Waals surface area contributed by atoms with Crippen molar-refractivity contribution in [1.82, 2.24) is 4.90 Å². The fraction of sp³-hybridized carbons (Fsp3) is 0.0435. The number of amides is 2. The zero-order valence-electron chi connectivity index (χ0n) is 15.8. The lowest BCUT2D eigenvalue weighted by Crippen LogP contribution is -2.27. The number of rotatable bonds is 5. The van der Waals surface area contributed by atoms with Gasteiger partial charge < -0.3 is 15.5 Å². The topological polar surface area (TPSA) is 89.9 Å². The SMILES string of the molecule is O=C1SC(=Cc2ccc(O)c(O)c2)C(=O)N1Cc1cccc(Nc2ccccc2)c1. The number of aromatic hydroxyl groups is 2. The van der Waals surface area contributed by atoms with E-state index < -0.39 is 0 Å². The van der Waals surface area contributed by atoms with Gasteiger partial charge in [-0.15, -0.1) is 0 Å². The van der Waals surface area contributed by atoms with Gasteiger partial charge in [-0.05, 0) is 65.4 Å². The molecule has 0 aliphatic carbocycles. The molecule has 3 aromatic carbocycles. The highest BCUT2D eigenvalue weighted by atomic mass is 32.2. The van der Waals surface area contributed by atoms with Crippen LogP contribution in [0.5, 0.6) is 11.5 Å². The van der Waals surface area contributed by atoms with Crippen LogP contribution in [0.25, 0.3) is 6.08 Å². The molecule has 6 nitrogen and oxygen atoms in total. The van der Waals surface area contributed by atoms with Gasteiger partial charge in [0.05, 0.1) is 11.4 Å². The third-order valence-electron chi connectivity index (χ3n) is 4.50. The quantitative estimate of drug-likeness (QED) is 0.396. The first kappa shape index (κ1) is 19.6. The predicted octanol–water partition coefficient (Wildman–Crippen LogP) is 5.08. The van der Waals surface area contributed by atoms with Gasteiger partial charge in [-0.3, -0.25) is 14.5 Å². The Labute approximate surface area is 177 Å². The summed E-state index contributed by atoms with van der Waals surface area (Å²) in [5, 5.41) is 22.0. The number of phenols is 2. The summed E-state index contributed by atoms with van der Waals surface area (Å²) in [4.78, 5) is 26.6. The summed E-state index contributed by atoms with van der Waals surface area (Å²) in [6, 6.07) is 21.5. The standard InChI is InChI=1S/C23H18N2O4S/c26-19-10-9-15(12-20(19)27)13-21-22(28)25(23(29)30-21)14-16-5-4-8-18(11-16)24-17-6-2-1-3-7-17/h1-13,24,26-27H,14H2. The number of carbonyl (C=O) groups is 2. The lowest BCUT2D eigenvalue weighted by atomic mass is 10.1. The maximum absolute atomic E-state index is 12.7. The van der Waals surface area contributed by atoms with Gasteiger partial charge in [0.15, 0.2) is 11.5 Å². The average molecular weight is 418 g/mol. The molecule has 4 rings (SSSR count). The Morgan fingerprint density at radius 2 is 1.63 bits per heavy atom. The van der Waals surface area contributed by atoms with Crippen LogP contribution in [-0.2, 0) is 11.3 Å². The molecular formula is C23H18N2O4S. The molecule has 0 atom stereocenters. The van der Waals surface area contributed by atoms with Crippen LogP contribution in [-0.4, -0.2) is 26.3 Å². The van der Waals surface area contributed by atoms with E-state index in [1.165, 1.54) is 23.1 Å². The summed E-state index contributed by atoms with van der Waals surface area (Å²) in [7, 11) is 0. The van der Waals surface area contributed by atoms with Gasteiger partial charge in [0.2, 0.25) is 0 Å². The van der Waals surface area contributed by atoms with Gasteiger partial charge in [0.1, 0.15) is 0 Å². The second-order valence-electron chi connectivity index (χ2n) is 6.71. The van der Waals surface area contributed by atoms with E-state index in [0.29, 0.717) is 5.56 Å². The average Bonchev–Trinajstić information content (AvgIpc) is 2.99. The summed E-state index contributed by atoms with van der Waals surface area (Å²) >= 11 is 0.852. The van der Waals surface area contributed by atoms with E-state index in [-0.39, 0.29) is 34.1 Å². The number of carbonyl (C=O) groups excluding carboxylic acids is 2. The smallest absolute Gasteiger partial charge is 0.293 e. The molecule has 1 saturated heterocycles. The largest absolute Gasteiger partial charge is 0.504 e. The van der Waals surface area contributed by atoms with E-state index in [0.717, 1.165) is 28.7 Å². The number of phenolic OH excluding ortho intramolecular Hbond substituents is 2. The summed E-state index contributed by atoms with van der Waals surface area (Å²) in [6.07, 6.45) is 1.53. The minimum atomic E-state index is -0.390. The lowest BCUT2D eigenvalue weighted by molar-refractivity contribution is -0.123. The van der Waals surface area contributed by atoms with Crippen LogP contribution in [0.15, 0.2) is 77.7 Å². The van der Waals surface area contributed by atoms with E-state index in [2.05, 4.69) is 5.32 Å².